The van der Waals surface area contributed by atoms with Crippen LogP contribution in [-0.2, 0) is 0 Å². The summed E-state index contributed by atoms with van der Waals surface area (Å²) in [6.07, 6.45) is 0.601. The Labute approximate surface area is 93.1 Å². The summed E-state index contributed by atoms with van der Waals surface area (Å²) in [7, 11) is 0. The highest BCUT2D eigenvalue weighted by atomic mass is 16.3. The number of hydrogen-bond donors (Lipinski definition) is 1. The van der Waals surface area contributed by atoms with Crippen LogP contribution in [0.1, 0.15) is 50.0 Å². The fraction of sp³-hybridized carbons (Fsp3) is 0.571. The lowest BCUT2D eigenvalue weighted by Gasteiger charge is -2.30. The van der Waals surface area contributed by atoms with Gasteiger partial charge in [-0.1, -0.05) is 39.0 Å². The molecule has 1 nitrogen and oxygen atoms in total. The van der Waals surface area contributed by atoms with Crippen LogP contribution in [-0.4, -0.2) is 5.11 Å². The second-order valence-corrected chi connectivity index (χ2v) is 5.03. The molecular weight excluding hydrogens is 184 g/mol. The molecule has 0 saturated carbocycles. The van der Waals surface area contributed by atoms with E-state index >= 15 is 0 Å². The summed E-state index contributed by atoms with van der Waals surface area (Å²) < 4.78 is 0. The van der Waals surface area contributed by atoms with E-state index in [1.165, 1.54) is 11.1 Å². The number of rotatable bonds is 3. The van der Waals surface area contributed by atoms with Crippen molar-refractivity contribution in [3.05, 3.63) is 34.9 Å². The van der Waals surface area contributed by atoms with Gasteiger partial charge in [0.1, 0.15) is 0 Å². The van der Waals surface area contributed by atoms with Crippen LogP contribution in [0.4, 0.5) is 0 Å². The van der Waals surface area contributed by atoms with Gasteiger partial charge in [0, 0.05) is 0 Å². The van der Waals surface area contributed by atoms with E-state index in [9.17, 15) is 5.11 Å². The Balaban J connectivity index is 3.12. The van der Waals surface area contributed by atoms with Gasteiger partial charge in [-0.15, -0.1) is 0 Å². The standard InChI is InChI=1S/C14H22O/c1-6-14(4,5)13(15)12-9-7-8-10(2)11(12)3/h7-9,13,15H,6H2,1-5H3. The molecule has 1 unspecified atom stereocenters. The van der Waals surface area contributed by atoms with Crippen molar-refractivity contribution in [1.29, 1.82) is 0 Å². The number of aryl methyl sites for hydroxylation is 1. The molecule has 15 heavy (non-hydrogen) atoms. The first kappa shape index (κ1) is 12.3. The fourth-order valence-corrected chi connectivity index (χ4v) is 1.68. The molecule has 1 aromatic rings. The van der Waals surface area contributed by atoms with Gasteiger partial charge in [-0.2, -0.15) is 0 Å². The van der Waals surface area contributed by atoms with Crippen molar-refractivity contribution in [3.8, 4) is 0 Å². The van der Waals surface area contributed by atoms with Crippen LogP contribution in [0.2, 0.25) is 0 Å². The first-order chi connectivity index (χ1) is 6.90. The van der Waals surface area contributed by atoms with Gasteiger partial charge < -0.3 is 5.11 Å². The largest absolute Gasteiger partial charge is 0.388 e. The fourth-order valence-electron chi connectivity index (χ4n) is 1.68. The van der Waals surface area contributed by atoms with Crippen LogP contribution in [0.5, 0.6) is 0 Å². The molecule has 0 aliphatic carbocycles. The molecule has 0 amide bonds. The normalized spacial score (nSPS) is 14.0. The molecule has 84 valence electrons. The Morgan fingerprint density at radius 1 is 1.27 bits per heavy atom. The highest BCUT2D eigenvalue weighted by Gasteiger charge is 2.28. The van der Waals surface area contributed by atoms with Crippen molar-refractivity contribution in [2.45, 2.75) is 47.1 Å². The third-order valence-corrected chi connectivity index (χ3v) is 3.59. The zero-order chi connectivity index (χ0) is 11.6. The van der Waals surface area contributed by atoms with Crippen molar-refractivity contribution >= 4 is 0 Å². The van der Waals surface area contributed by atoms with E-state index in [2.05, 4.69) is 40.7 Å². The summed E-state index contributed by atoms with van der Waals surface area (Å²) in [5.41, 5.74) is 3.48. The Kier molecular flexibility index (Phi) is 3.56. The Morgan fingerprint density at radius 2 is 1.87 bits per heavy atom. The number of aliphatic hydroxyl groups excluding tert-OH is 1. The van der Waals surface area contributed by atoms with Crippen LogP contribution >= 0.6 is 0 Å². The highest BCUT2D eigenvalue weighted by molar-refractivity contribution is 5.35. The lowest BCUT2D eigenvalue weighted by molar-refractivity contribution is 0.0460. The van der Waals surface area contributed by atoms with Crippen molar-refractivity contribution in [3.63, 3.8) is 0 Å². The average molecular weight is 206 g/mol. The number of hydrogen-bond acceptors (Lipinski definition) is 1. The molecule has 1 heteroatoms. The van der Waals surface area contributed by atoms with Crippen molar-refractivity contribution in [2.75, 3.05) is 0 Å². The monoisotopic (exact) mass is 206 g/mol. The predicted octanol–water partition coefficient (Wildman–Crippen LogP) is 3.77. The molecule has 0 aliphatic heterocycles. The summed E-state index contributed by atoms with van der Waals surface area (Å²) >= 11 is 0. The second kappa shape index (κ2) is 4.36. The lowest BCUT2D eigenvalue weighted by atomic mass is 9.79. The van der Waals surface area contributed by atoms with Gasteiger partial charge in [0.2, 0.25) is 0 Å². The smallest absolute Gasteiger partial charge is 0.0843 e. The zero-order valence-electron chi connectivity index (χ0n) is 10.5. The minimum absolute atomic E-state index is 0.0570. The van der Waals surface area contributed by atoms with Gasteiger partial charge in [-0.25, -0.2) is 0 Å². The van der Waals surface area contributed by atoms with Crippen LogP contribution in [0.15, 0.2) is 18.2 Å². The Morgan fingerprint density at radius 3 is 2.40 bits per heavy atom. The highest BCUT2D eigenvalue weighted by Crippen LogP contribution is 2.37. The van der Waals surface area contributed by atoms with Crippen molar-refractivity contribution in [2.24, 2.45) is 5.41 Å². The molecule has 0 aliphatic rings. The molecule has 0 fully saturated rings. The molecule has 0 aromatic heterocycles. The molecule has 0 heterocycles. The summed E-state index contributed by atoms with van der Waals surface area (Å²) in [5.74, 6) is 0. The van der Waals surface area contributed by atoms with Gasteiger partial charge in [-0.3, -0.25) is 0 Å². The second-order valence-electron chi connectivity index (χ2n) is 5.03. The van der Waals surface area contributed by atoms with Gasteiger partial charge in [-0.05, 0) is 42.4 Å². The minimum atomic E-state index is -0.373. The summed E-state index contributed by atoms with van der Waals surface area (Å²) in [6, 6.07) is 6.14. The lowest BCUT2D eigenvalue weighted by Crippen LogP contribution is -2.21. The van der Waals surface area contributed by atoms with Gasteiger partial charge in [0.15, 0.2) is 0 Å². The van der Waals surface area contributed by atoms with Gasteiger partial charge in [0.25, 0.3) is 0 Å². The van der Waals surface area contributed by atoms with Crippen molar-refractivity contribution in [1.82, 2.24) is 0 Å². The van der Waals surface area contributed by atoms with E-state index in [0.717, 1.165) is 12.0 Å². The maximum absolute atomic E-state index is 10.4. The van der Waals surface area contributed by atoms with E-state index in [0.29, 0.717) is 0 Å². The SMILES string of the molecule is CCC(C)(C)C(O)c1cccc(C)c1C. The molecule has 0 bridgehead atoms. The first-order valence-electron chi connectivity index (χ1n) is 5.64. The van der Waals surface area contributed by atoms with Gasteiger partial charge in [0.05, 0.1) is 6.10 Å². The van der Waals surface area contributed by atoms with Crippen LogP contribution in [0.25, 0.3) is 0 Å². The molecule has 1 rings (SSSR count). The minimum Gasteiger partial charge on any atom is -0.388 e. The number of aliphatic hydroxyl groups is 1. The van der Waals surface area contributed by atoms with Crippen LogP contribution in [0, 0.1) is 19.3 Å². The molecular formula is C14H22O. The molecule has 0 radical (unpaired) electrons. The van der Waals surface area contributed by atoms with Crippen molar-refractivity contribution < 1.29 is 5.11 Å². The molecule has 0 saturated heterocycles. The maximum atomic E-state index is 10.4. The first-order valence-corrected chi connectivity index (χ1v) is 5.64. The van der Waals surface area contributed by atoms with E-state index in [4.69, 9.17) is 0 Å². The Hall–Kier alpha value is -0.820. The molecule has 0 spiro atoms. The molecule has 1 aromatic carbocycles. The third kappa shape index (κ3) is 2.40. The zero-order valence-corrected chi connectivity index (χ0v) is 10.5. The van der Waals surface area contributed by atoms with Crippen LogP contribution in [0.3, 0.4) is 0 Å². The Bertz CT molecular complexity index is 339. The quantitative estimate of drug-likeness (QED) is 0.798. The van der Waals surface area contributed by atoms with Gasteiger partial charge >= 0.3 is 0 Å². The predicted molar refractivity (Wildman–Crippen MR) is 64.9 cm³/mol. The average Bonchev–Trinajstić information content (AvgIpc) is 2.21. The third-order valence-electron chi connectivity index (χ3n) is 3.59. The van der Waals surface area contributed by atoms with E-state index in [1.54, 1.807) is 0 Å². The summed E-state index contributed by atoms with van der Waals surface area (Å²) in [4.78, 5) is 0. The van der Waals surface area contributed by atoms with Crippen LogP contribution < -0.4 is 0 Å². The molecule has 1 N–H and O–H groups in total. The molecule has 1 atom stereocenters. The topological polar surface area (TPSA) is 20.2 Å². The van der Waals surface area contributed by atoms with E-state index in [1.807, 2.05) is 12.1 Å². The summed E-state index contributed by atoms with van der Waals surface area (Å²) in [6.45, 7) is 10.5. The van der Waals surface area contributed by atoms with E-state index in [-0.39, 0.29) is 11.5 Å². The number of benzene rings is 1. The summed E-state index contributed by atoms with van der Waals surface area (Å²) in [5, 5.41) is 10.4. The van der Waals surface area contributed by atoms with E-state index < -0.39 is 0 Å². The maximum Gasteiger partial charge on any atom is 0.0843 e.